The van der Waals surface area contributed by atoms with Gasteiger partial charge in [-0.3, -0.25) is 0 Å². The lowest BCUT2D eigenvalue weighted by molar-refractivity contribution is 0.612. The van der Waals surface area contributed by atoms with E-state index in [-0.39, 0.29) is 5.82 Å². The van der Waals surface area contributed by atoms with Crippen LogP contribution in [0.1, 0.15) is 17.0 Å². The zero-order valence-corrected chi connectivity index (χ0v) is 12.0. The van der Waals surface area contributed by atoms with Crippen LogP contribution in [-0.4, -0.2) is 9.97 Å². The number of hydrogen-bond donors (Lipinski definition) is 1. The van der Waals surface area contributed by atoms with Crippen LogP contribution >= 0.6 is 15.9 Å². The quantitative estimate of drug-likeness (QED) is 0.747. The molecule has 1 aromatic heterocycles. The van der Waals surface area contributed by atoms with Gasteiger partial charge in [0.1, 0.15) is 11.6 Å². The van der Waals surface area contributed by atoms with E-state index >= 15 is 0 Å². The zero-order valence-electron chi connectivity index (χ0n) is 10.4. The van der Waals surface area contributed by atoms with Crippen molar-refractivity contribution < 1.29 is 4.39 Å². The standard InChI is InChI=1S/C15H12BrFN2/c1-9-6-11(16)8-13-15(9)19-14(18-13)7-10-4-2-3-5-12(10)17/h2-6,8H,7H2,1H3,(H,18,19). The molecular weight excluding hydrogens is 307 g/mol. The number of aromatic nitrogens is 2. The first-order chi connectivity index (χ1) is 9.13. The lowest BCUT2D eigenvalue weighted by Crippen LogP contribution is -1.93. The number of fused-ring (bicyclic) bond motifs is 1. The van der Waals surface area contributed by atoms with E-state index in [1.807, 2.05) is 25.1 Å². The molecule has 0 saturated heterocycles. The summed E-state index contributed by atoms with van der Waals surface area (Å²) in [6.07, 6.45) is 0.471. The first kappa shape index (κ1) is 12.4. The molecule has 19 heavy (non-hydrogen) atoms. The Labute approximate surface area is 118 Å². The molecule has 0 aliphatic carbocycles. The van der Waals surface area contributed by atoms with Crippen LogP contribution in [0.15, 0.2) is 40.9 Å². The molecule has 0 atom stereocenters. The van der Waals surface area contributed by atoms with Gasteiger partial charge in [-0.25, -0.2) is 9.37 Å². The normalized spacial score (nSPS) is 11.1. The van der Waals surface area contributed by atoms with Crippen molar-refractivity contribution in [2.45, 2.75) is 13.3 Å². The Hall–Kier alpha value is -1.68. The van der Waals surface area contributed by atoms with Crippen LogP contribution in [0.4, 0.5) is 4.39 Å². The van der Waals surface area contributed by atoms with Gasteiger partial charge >= 0.3 is 0 Å². The highest BCUT2D eigenvalue weighted by atomic mass is 79.9. The van der Waals surface area contributed by atoms with Crippen LogP contribution in [0.25, 0.3) is 11.0 Å². The zero-order chi connectivity index (χ0) is 13.4. The average molecular weight is 319 g/mol. The molecule has 0 amide bonds. The van der Waals surface area contributed by atoms with Crippen molar-refractivity contribution in [3.63, 3.8) is 0 Å². The van der Waals surface area contributed by atoms with Crippen molar-refractivity contribution in [1.82, 2.24) is 9.97 Å². The lowest BCUT2D eigenvalue weighted by atomic mass is 10.1. The van der Waals surface area contributed by atoms with Crippen LogP contribution in [0, 0.1) is 12.7 Å². The number of nitrogens with zero attached hydrogens (tertiary/aromatic N) is 1. The monoisotopic (exact) mass is 318 g/mol. The summed E-state index contributed by atoms with van der Waals surface area (Å²) in [5.74, 6) is 0.585. The fraction of sp³-hybridized carbons (Fsp3) is 0.133. The number of benzene rings is 2. The van der Waals surface area contributed by atoms with Crippen molar-refractivity contribution in [3.05, 3.63) is 63.6 Å². The summed E-state index contributed by atoms with van der Waals surface area (Å²) in [6, 6.07) is 10.8. The van der Waals surface area contributed by atoms with Crippen molar-refractivity contribution in [3.8, 4) is 0 Å². The molecule has 0 spiro atoms. The smallest absolute Gasteiger partial charge is 0.126 e. The fourth-order valence-electron chi connectivity index (χ4n) is 2.20. The maximum atomic E-state index is 13.6. The van der Waals surface area contributed by atoms with Gasteiger partial charge in [-0.15, -0.1) is 0 Å². The first-order valence-corrected chi connectivity index (χ1v) is 6.81. The largest absolute Gasteiger partial charge is 0.342 e. The molecule has 96 valence electrons. The number of aryl methyl sites for hydroxylation is 1. The molecule has 3 aromatic rings. The number of H-pyrrole nitrogens is 1. The van der Waals surface area contributed by atoms with Gasteiger partial charge in [-0.05, 0) is 36.2 Å². The number of halogens is 2. The van der Waals surface area contributed by atoms with Crippen molar-refractivity contribution >= 4 is 27.0 Å². The van der Waals surface area contributed by atoms with E-state index in [1.165, 1.54) is 6.07 Å². The van der Waals surface area contributed by atoms with Gasteiger partial charge in [0.2, 0.25) is 0 Å². The number of aromatic amines is 1. The first-order valence-electron chi connectivity index (χ1n) is 6.01. The molecule has 0 aliphatic rings. The summed E-state index contributed by atoms with van der Waals surface area (Å²) in [7, 11) is 0. The second kappa shape index (κ2) is 4.78. The maximum absolute atomic E-state index is 13.6. The van der Waals surface area contributed by atoms with Gasteiger partial charge in [0.05, 0.1) is 11.0 Å². The van der Waals surface area contributed by atoms with Gasteiger partial charge in [-0.1, -0.05) is 34.1 Å². The summed E-state index contributed by atoms with van der Waals surface area (Å²) in [4.78, 5) is 7.79. The molecule has 0 fully saturated rings. The highest BCUT2D eigenvalue weighted by Crippen LogP contribution is 2.23. The third kappa shape index (κ3) is 2.40. The second-order valence-electron chi connectivity index (χ2n) is 4.57. The Morgan fingerprint density at radius 1 is 1.26 bits per heavy atom. The van der Waals surface area contributed by atoms with Crippen molar-refractivity contribution in [2.75, 3.05) is 0 Å². The van der Waals surface area contributed by atoms with E-state index in [1.54, 1.807) is 12.1 Å². The summed E-state index contributed by atoms with van der Waals surface area (Å²) in [5.41, 5.74) is 3.66. The summed E-state index contributed by atoms with van der Waals surface area (Å²) < 4.78 is 14.6. The average Bonchev–Trinajstić information content (AvgIpc) is 2.75. The molecule has 1 N–H and O–H groups in total. The van der Waals surface area contributed by atoms with Gasteiger partial charge in [0.15, 0.2) is 0 Å². The van der Waals surface area contributed by atoms with E-state index in [2.05, 4.69) is 25.9 Å². The minimum Gasteiger partial charge on any atom is -0.342 e. The van der Waals surface area contributed by atoms with Crippen LogP contribution in [0.2, 0.25) is 0 Å². The third-order valence-corrected chi connectivity index (χ3v) is 3.56. The fourth-order valence-corrected chi connectivity index (χ4v) is 2.78. The van der Waals surface area contributed by atoms with E-state index < -0.39 is 0 Å². The molecule has 0 aliphatic heterocycles. The van der Waals surface area contributed by atoms with E-state index in [9.17, 15) is 4.39 Å². The predicted octanol–water partition coefficient (Wildman–Crippen LogP) is 4.36. The van der Waals surface area contributed by atoms with E-state index in [0.717, 1.165) is 26.9 Å². The minimum atomic E-state index is -0.194. The van der Waals surface area contributed by atoms with E-state index in [0.29, 0.717) is 12.0 Å². The van der Waals surface area contributed by atoms with Crippen LogP contribution in [-0.2, 0) is 6.42 Å². The SMILES string of the molecule is Cc1cc(Br)cc2[nH]c(Cc3ccccc3F)nc12. The molecule has 0 radical (unpaired) electrons. The Kier molecular flexibility index (Phi) is 3.11. The van der Waals surface area contributed by atoms with Gasteiger partial charge < -0.3 is 4.98 Å². The molecule has 0 bridgehead atoms. The molecule has 3 rings (SSSR count). The van der Waals surface area contributed by atoms with Gasteiger partial charge in [-0.2, -0.15) is 0 Å². The summed E-state index contributed by atoms with van der Waals surface area (Å²) >= 11 is 3.46. The Bertz CT molecular complexity index is 749. The lowest BCUT2D eigenvalue weighted by Gasteiger charge is -1.99. The highest BCUT2D eigenvalue weighted by molar-refractivity contribution is 9.10. The molecule has 4 heteroatoms. The Morgan fingerprint density at radius 2 is 2.05 bits per heavy atom. The Balaban J connectivity index is 2.03. The van der Waals surface area contributed by atoms with Crippen LogP contribution < -0.4 is 0 Å². The van der Waals surface area contributed by atoms with E-state index in [4.69, 9.17) is 0 Å². The number of nitrogens with one attached hydrogen (secondary N) is 1. The number of rotatable bonds is 2. The minimum absolute atomic E-state index is 0.194. The molecule has 2 aromatic carbocycles. The summed E-state index contributed by atoms with van der Waals surface area (Å²) in [6.45, 7) is 2.01. The molecular formula is C15H12BrFN2. The summed E-state index contributed by atoms with van der Waals surface area (Å²) in [5, 5.41) is 0. The topological polar surface area (TPSA) is 28.7 Å². The molecule has 2 nitrogen and oxygen atoms in total. The second-order valence-corrected chi connectivity index (χ2v) is 5.49. The molecule has 0 saturated carbocycles. The molecule has 0 unspecified atom stereocenters. The van der Waals surface area contributed by atoms with Gasteiger partial charge in [0.25, 0.3) is 0 Å². The number of imidazole rings is 1. The third-order valence-electron chi connectivity index (χ3n) is 3.11. The van der Waals surface area contributed by atoms with Crippen molar-refractivity contribution in [1.29, 1.82) is 0 Å². The molecule has 1 heterocycles. The van der Waals surface area contributed by atoms with Crippen LogP contribution in [0.3, 0.4) is 0 Å². The highest BCUT2D eigenvalue weighted by Gasteiger charge is 2.09. The maximum Gasteiger partial charge on any atom is 0.126 e. The predicted molar refractivity (Wildman–Crippen MR) is 77.7 cm³/mol. The van der Waals surface area contributed by atoms with Crippen LogP contribution in [0.5, 0.6) is 0 Å². The number of hydrogen-bond acceptors (Lipinski definition) is 1. The Morgan fingerprint density at radius 3 is 2.84 bits per heavy atom. The van der Waals surface area contributed by atoms with Crippen molar-refractivity contribution in [2.24, 2.45) is 0 Å². The van der Waals surface area contributed by atoms with Gasteiger partial charge in [0, 0.05) is 10.9 Å².